The van der Waals surface area contributed by atoms with E-state index in [4.69, 9.17) is 9.84 Å². The number of nitrogens with zero attached hydrogens (tertiary/aromatic N) is 1. The number of rotatable bonds is 4. The van der Waals surface area contributed by atoms with Crippen molar-refractivity contribution in [1.82, 2.24) is 4.31 Å². The molecule has 0 aliphatic carbocycles. The normalized spacial score (nSPS) is 16.9. The van der Waals surface area contributed by atoms with E-state index in [1.807, 2.05) is 0 Å². The summed E-state index contributed by atoms with van der Waals surface area (Å²) < 4.78 is 43.3. The molecule has 1 aromatic rings. The van der Waals surface area contributed by atoms with Crippen LogP contribution in [0.5, 0.6) is 5.75 Å². The number of ether oxygens (including phenoxy) is 1. The van der Waals surface area contributed by atoms with Gasteiger partial charge in [-0.3, -0.25) is 4.79 Å². The molecule has 1 fully saturated rings. The zero-order valence-electron chi connectivity index (χ0n) is 10.0. The van der Waals surface area contributed by atoms with Gasteiger partial charge in [0.1, 0.15) is 0 Å². The Morgan fingerprint density at radius 2 is 2.11 bits per heavy atom. The Balaban J connectivity index is 2.22. The van der Waals surface area contributed by atoms with Crippen molar-refractivity contribution >= 4 is 16.0 Å². The third-order valence-electron chi connectivity index (χ3n) is 2.96. The molecule has 1 aromatic carbocycles. The number of hydrogen-bond donors (Lipinski definition) is 1. The largest absolute Gasteiger partial charge is 0.494 e. The highest BCUT2D eigenvalue weighted by molar-refractivity contribution is 7.89. The van der Waals surface area contributed by atoms with Crippen LogP contribution in [0, 0.1) is 11.7 Å². The number of hydrogen-bond acceptors (Lipinski definition) is 4. The van der Waals surface area contributed by atoms with Crippen LogP contribution in [0.15, 0.2) is 23.1 Å². The molecule has 1 heterocycles. The van der Waals surface area contributed by atoms with Gasteiger partial charge in [-0.05, 0) is 18.2 Å². The van der Waals surface area contributed by atoms with Crippen LogP contribution in [0.3, 0.4) is 0 Å². The quantitative estimate of drug-likeness (QED) is 0.874. The van der Waals surface area contributed by atoms with Crippen molar-refractivity contribution in [2.45, 2.75) is 4.90 Å². The molecule has 0 aromatic heterocycles. The summed E-state index contributed by atoms with van der Waals surface area (Å²) in [6.07, 6.45) is 0. The molecule has 1 saturated heterocycles. The van der Waals surface area contributed by atoms with E-state index in [0.29, 0.717) is 0 Å². The molecule has 6 nitrogen and oxygen atoms in total. The van der Waals surface area contributed by atoms with E-state index in [2.05, 4.69) is 0 Å². The van der Waals surface area contributed by atoms with Crippen molar-refractivity contribution in [1.29, 1.82) is 0 Å². The highest BCUT2D eigenvalue weighted by atomic mass is 32.2. The molecule has 0 atom stereocenters. The molecular formula is C11H12FNO5S. The molecule has 104 valence electrons. The van der Waals surface area contributed by atoms with Crippen LogP contribution in [0.4, 0.5) is 4.39 Å². The standard InChI is InChI=1S/C11H12FNO5S/c1-18-10-3-2-8(4-9(10)12)19(16,17)13-5-7(6-13)11(14)15/h2-4,7H,5-6H2,1H3,(H,14,15). The third kappa shape index (κ3) is 2.41. The second-order valence-corrected chi connectivity index (χ2v) is 6.09. The van der Waals surface area contributed by atoms with Crippen LogP contribution in [-0.2, 0) is 14.8 Å². The Morgan fingerprint density at radius 3 is 2.58 bits per heavy atom. The molecule has 1 aliphatic heterocycles. The molecule has 19 heavy (non-hydrogen) atoms. The van der Waals surface area contributed by atoms with Crippen LogP contribution in [-0.4, -0.2) is 44.0 Å². The predicted octanol–water partition coefficient (Wildman–Crippen LogP) is 0.539. The molecule has 1 aliphatic rings. The summed E-state index contributed by atoms with van der Waals surface area (Å²) in [6.45, 7) is -0.184. The van der Waals surface area contributed by atoms with Gasteiger partial charge in [-0.25, -0.2) is 12.8 Å². The zero-order valence-corrected chi connectivity index (χ0v) is 10.9. The van der Waals surface area contributed by atoms with Gasteiger partial charge in [-0.2, -0.15) is 4.31 Å². The van der Waals surface area contributed by atoms with Crippen LogP contribution in [0.25, 0.3) is 0 Å². The lowest BCUT2D eigenvalue weighted by Gasteiger charge is -2.35. The Hall–Kier alpha value is -1.67. The van der Waals surface area contributed by atoms with Gasteiger partial charge in [0.15, 0.2) is 11.6 Å². The first-order chi connectivity index (χ1) is 8.86. The first-order valence-corrected chi connectivity index (χ1v) is 6.86. The maximum atomic E-state index is 13.5. The molecule has 0 amide bonds. The monoisotopic (exact) mass is 289 g/mol. The van der Waals surface area contributed by atoms with Gasteiger partial charge < -0.3 is 9.84 Å². The van der Waals surface area contributed by atoms with Crippen LogP contribution in [0.1, 0.15) is 0 Å². The first-order valence-electron chi connectivity index (χ1n) is 5.42. The maximum Gasteiger partial charge on any atom is 0.309 e. The summed E-state index contributed by atoms with van der Waals surface area (Å²) in [5, 5.41) is 8.70. The van der Waals surface area contributed by atoms with E-state index in [0.717, 1.165) is 10.4 Å². The number of halogens is 1. The molecule has 0 spiro atoms. The van der Waals surface area contributed by atoms with Crippen molar-refractivity contribution in [3.05, 3.63) is 24.0 Å². The van der Waals surface area contributed by atoms with Gasteiger partial charge in [-0.1, -0.05) is 0 Å². The smallest absolute Gasteiger partial charge is 0.309 e. The average molecular weight is 289 g/mol. The van der Waals surface area contributed by atoms with Crippen molar-refractivity contribution in [3.63, 3.8) is 0 Å². The fraction of sp³-hybridized carbons (Fsp3) is 0.364. The molecular weight excluding hydrogens is 277 g/mol. The molecule has 0 saturated carbocycles. The van der Waals surface area contributed by atoms with Crippen LogP contribution in [0.2, 0.25) is 0 Å². The van der Waals surface area contributed by atoms with E-state index in [1.54, 1.807) is 0 Å². The summed E-state index contributed by atoms with van der Waals surface area (Å²) in [6, 6.07) is 3.31. The van der Waals surface area contributed by atoms with Crippen LogP contribution < -0.4 is 4.74 Å². The molecule has 8 heteroatoms. The van der Waals surface area contributed by atoms with Gasteiger partial charge in [0.2, 0.25) is 10.0 Å². The van der Waals surface area contributed by atoms with E-state index in [-0.39, 0.29) is 23.7 Å². The maximum absolute atomic E-state index is 13.5. The Morgan fingerprint density at radius 1 is 1.47 bits per heavy atom. The number of carbonyl (C=O) groups is 1. The van der Waals surface area contributed by atoms with Crippen LogP contribution >= 0.6 is 0 Å². The minimum atomic E-state index is -3.84. The fourth-order valence-corrected chi connectivity index (χ4v) is 3.29. The molecule has 1 N–H and O–H groups in total. The zero-order chi connectivity index (χ0) is 14.2. The summed E-state index contributed by atoms with van der Waals surface area (Å²) in [5.41, 5.74) is 0. The summed E-state index contributed by atoms with van der Waals surface area (Å²) >= 11 is 0. The molecule has 0 unspecified atom stereocenters. The number of aliphatic carboxylic acids is 1. The number of sulfonamides is 1. The minimum Gasteiger partial charge on any atom is -0.494 e. The highest BCUT2D eigenvalue weighted by Gasteiger charge is 2.40. The lowest BCUT2D eigenvalue weighted by atomic mass is 10.0. The van der Waals surface area contributed by atoms with Crippen molar-refractivity contribution in [2.75, 3.05) is 20.2 Å². The topological polar surface area (TPSA) is 83.9 Å². The lowest BCUT2D eigenvalue weighted by Crippen LogP contribution is -2.52. The van der Waals surface area contributed by atoms with Gasteiger partial charge in [0.05, 0.1) is 17.9 Å². The van der Waals surface area contributed by atoms with Gasteiger partial charge in [0, 0.05) is 13.1 Å². The van der Waals surface area contributed by atoms with Gasteiger partial charge in [-0.15, -0.1) is 0 Å². The second-order valence-electron chi connectivity index (χ2n) is 4.15. The fourth-order valence-electron chi connectivity index (χ4n) is 1.75. The molecule has 2 rings (SSSR count). The average Bonchev–Trinajstić information content (AvgIpc) is 2.25. The number of carboxylic acid groups (broad SMARTS) is 1. The van der Waals surface area contributed by atoms with Crippen molar-refractivity contribution < 1.29 is 27.4 Å². The summed E-state index contributed by atoms with van der Waals surface area (Å²) in [4.78, 5) is 10.4. The minimum absolute atomic E-state index is 0.0500. The van der Waals surface area contributed by atoms with E-state index >= 15 is 0 Å². The van der Waals surface area contributed by atoms with Gasteiger partial charge >= 0.3 is 5.97 Å². The molecule has 0 radical (unpaired) electrons. The lowest BCUT2D eigenvalue weighted by molar-refractivity contribution is -0.145. The second kappa shape index (κ2) is 4.78. The molecule has 0 bridgehead atoms. The van der Waals surface area contributed by atoms with E-state index < -0.39 is 27.7 Å². The highest BCUT2D eigenvalue weighted by Crippen LogP contribution is 2.27. The number of methoxy groups -OCH3 is 1. The van der Waals surface area contributed by atoms with Crippen molar-refractivity contribution in [2.24, 2.45) is 5.92 Å². The van der Waals surface area contributed by atoms with E-state index in [9.17, 15) is 17.6 Å². The Kier molecular flexibility index (Phi) is 3.46. The first kappa shape index (κ1) is 13.8. The predicted molar refractivity (Wildman–Crippen MR) is 62.8 cm³/mol. The Bertz CT molecular complexity index is 610. The van der Waals surface area contributed by atoms with Gasteiger partial charge in [0.25, 0.3) is 0 Å². The number of carboxylic acids is 1. The third-order valence-corrected chi connectivity index (χ3v) is 4.79. The van der Waals surface area contributed by atoms with E-state index in [1.165, 1.54) is 19.2 Å². The van der Waals surface area contributed by atoms with Crippen molar-refractivity contribution in [3.8, 4) is 5.75 Å². The Labute approximate surface area is 109 Å². The summed E-state index contributed by atoms with van der Waals surface area (Å²) in [5.74, 6) is -2.56. The number of benzene rings is 1. The summed E-state index contributed by atoms with van der Waals surface area (Å²) in [7, 11) is -2.56. The SMILES string of the molecule is COc1ccc(S(=O)(=O)N2CC(C(=O)O)C2)cc1F.